The number of carbonyl (C=O) groups is 1. The smallest absolute Gasteiger partial charge is 0.241 e. The predicted octanol–water partition coefficient (Wildman–Crippen LogP) is -1.04. The molecule has 0 bridgehead atoms. The maximum absolute atomic E-state index is 11.8. The van der Waals surface area contributed by atoms with E-state index in [1.807, 2.05) is 0 Å². The van der Waals surface area contributed by atoms with Gasteiger partial charge in [0.2, 0.25) is 5.91 Å². The summed E-state index contributed by atoms with van der Waals surface area (Å²) in [5, 5.41) is 8.65. The molecule has 0 aromatic rings. The van der Waals surface area contributed by atoms with Crippen molar-refractivity contribution in [2.24, 2.45) is 5.73 Å². The van der Waals surface area contributed by atoms with Crippen LogP contribution in [-0.2, 0) is 14.3 Å². The van der Waals surface area contributed by atoms with E-state index in [1.165, 1.54) is 7.11 Å². The normalized spacial score (nSPS) is 19.4. The highest BCUT2D eigenvalue weighted by atomic mass is 16.5. The number of carbonyl (C=O) groups excluding carboxylic acids is 1. The molecule has 100 valence electrons. The zero-order valence-corrected chi connectivity index (χ0v) is 10.3. The highest BCUT2D eigenvalue weighted by molar-refractivity contribution is 5.81. The molecule has 0 aliphatic carbocycles. The first-order chi connectivity index (χ1) is 8.19. The first kappa shape index (κ1) is 14.4. The third-order valence-electron chi connectivity index (χ3n) is 2.86. The van der Waals surface area contributed by atoms with Crippen LogP contribution >= 0.6 is 0 Å². The number of methoxy groups -OCH3 is 1. The van der Waals surface area contributed by atoms with Gasteiger partial charge < -0.3 is 25.2 Å². The molecule has 1 atom stereocenters. The lowest BCUT2D eigenvalue weighted by Gasteiger charge is -2.33. The molecule has 17 heavy (non-hydrogen) atoms. The standard InChI is InChI=1S/C11H22N2O4/c1-16-8-10(12)11(15)13-4-2-9(3-5-13)17-7-6-14/h9-10,14H,2-8,12H2,1H3. The number of nitrogens with two attached hydrogens (primary N) is 1. The molecule has 1 saturated heterocycles. The fraction of sp³-hybridized carbons (Fsp3) is 0.909. The summed E-state index contributed by atoms with van der Waals surface area (Å²) >= 11 is 0. The molecule has 0 spiro atoms. The van der Waals surface area contributed by atoms with Crippen LogP contribution in [0.2, 0.25) is 0 Å². The van der Waals surface area contributed by atoms with Crippen molar-refractivity contribution in [3.8, 4) is 0 Å². The lowest BCUT2D eigenvalue weighted by molar-refractivity contribution is -0.136. The molecule has 1 rings (SSSR count). The fourth-order valence-corrected chi connectivity index (χ4v) is 1.95. The van der Waals surface area contributed by atoms with Gasteiger partial charge in [-0.05, 0) is 12.8 Å². The Morgan fingerprint density at radius 2 is 2.18 bits per heavy atom. The fourth-order valence-electron chi connectivity index (χ4n) is 1.95. The number of amides is 1. The van der Waals surface area contributed by atoms with Gasteiger partial charge in [0, 0.05) is 20.2 Å². The Morgan fingerprint density at radius 3 is 2.71 bits per heavy atom. The minimum absolute atomic E-state index is 0.0395. The van der Waals surface area contributed by atoms with Gasteiger partial charge in [0.05, 0.1) is 25.9 Å². The van der Waals surface area contributed by atoms with Gasteiger partial charge in [-0.15, -0.1) is 0 Å². The number of rotatable bonds is 6. The van der Waals surface area contributed by atoms with Gasteiger partial charge in [0.1, 0.15) is 6.04 Å². The Labute approximate surface area is 102 Å². The molecule has 0 saturated carbocycles. The minimum Gasteiger partial charge on any atom is -0.394 e. The van der Waals surface area contributed by atoms with Crippen LogP contribution in [0.3, 0.4) is 0 Å². The van der Waals surface area contributed by atoms with Gasteiger partial charge in [-0.25, -0.2) is 0 Å². The van der Waals surface area contributed by atoms with Gasteiger partial charge in [-0.3, -0.25) is 4.79 Å². The van der Waals surface area contributed by atoms with E-state index in [9.17, 15) is 4.79 Å². The second-order valence-corrected chi connectivity index (χ2v) is 4.18. The summed E-state index contributed by atoms with van der Waals surface area (Å²) < 4.78 is 10.3. The number of aliphatic hydroxyl groups excluding tert-OH is 1. The van der Waals surface area contributed by atoms with E-state index >= 15 is 0 Å². The lowest BCUT2D eigenvalue weighted by atomic mass is 10.1. The molecule has 0 radical (unpaired) electrons. The summed E-state index contributed by atoms with van der Waals surface area (Å²) in [6.07, 6.45) is 1.74. The van der Waals surface area contributed by atoms with E-state index in [2.05, 4.69) is 0 Å². The number of piperidine rings is 1. The molecule has 1 aliphatic rings. The molecule has 1 aliphatic heterocycles. The third kappa shape index (κ3) is 4.59. The first-order valence-electron chi connectivity index (χ1n) is 5.94. The Hall–Kier alpha value is -0.690. The summed E-state index contributed by atoms with van der Waals surface area (Å²) in [4.78, 5) is 13.6. The molecular weight excluding hydrogens is 224 g/mol. The molecule has 1 fully saturated rings. The number of ether oxygens (including phenoxy) is 2. The minimum atomic E-state index is -0.574. The Morgan fingerprint density at radius 1 is 1.53 bits per heavy atom. The third-order valence-corrected chi connectivity index (χ3v) is 2.86. The van der Waals surface area contributed by atoms with Crippen LogP contribution in [0.1, 0.15) is 12.8 Å². The highest BCUT2D eigenvalue weighted by Crippen LogP contribution is 2.14. The molecule has 0 aromatic heterocycles. The summed E-state index contributed by atoms with van der Waals surface area (Å²) in [6.45, 7) is 1.97. The largest absolute Gasteiger partial charge is 0.394 e. The average Bonchev–Trinajstić information content (AvgIpc) is 2.36. The molecule has 6 heteroatoms. The maximum atomic E-state index is 11.8. The van der Waals surface area contributed by atoms with Crippen molar-refractivity contribution in [1.82, 2.24) is 4.90 Å². The van der Waals surface area contributed by atoms with Crippen molar-refractivity contribution < 1.29 is 19.4 Å². The number of hydrogen-bond acceptors (Lipinski definition) is 5. The van der Waals surface area contributed by atoms with Gasteiger partial charge >= 0.3 is 0 Å². The van der Waals surface area contributed by atoms with Gasteiger partial charge in [0.15, 0.2) is 0 Å². The molecule has 6 nitrogen and oxygen atoms in total. The van der Waals surface area contributed by atoms with E-state index in [0.29, 0.717) is 19.7 Å². The summed E-state index contributed by atoms with van der Waals surface area (Å²) in [6, 6.07) is -0.574. The van der Waals surface area contributed by atoms with Crippen LogP contribution < -0.4 is 5.73 Å². The van der Waals surface area contributed by atoms with E-state index in [0.717, 1.165) is 12.8 Å². The van der Waals surface area contributed by atoms with Crippen LogP contribution in [0.4, 0.5) is 0 Å². The highest BCUT2D eigenvalue weighted by Gasteiger charge is 2.26. The molecule has 1 heterocycles. The van der Waals surface area contributed by atoms with E-state index in [-0.39, 0.29) is 25.2 Å². The second kappa shape index (κ2) is 7.60. The quantitative estimate of drug-likeness (QED) is 0.625. The van der Waals surface area contributed by atoms with Crippen molar-refractivity contribution in [3.63, 3.8) is 0 Å². The molecular formula is C11H22N2O4. The SMILES string of the molecule is COCC(N)C(=O)N1CCC(OCCO)CC1. The molecule has 1 amide bonds. The monoisotopic (exact) mass is 246 g/mol. The van der Waals surface area contributed by atoms with E-state index < -0.39 is 6.04 Å². The van der Waals surface area contributed by atoms with Crippen LogP contribution in [-0.4, -0.2) is 68.1 Å². The van der Waals surface area contributed by atoms with Crippen molar-refractivity contribution >= 4 is 5.91 Å². The number of nitrogens with zero attached hydrogens (tertiary/aromatic N) is 1. The zero-order chi connectivity index (χ0) is 12.7. The van der Waals surface area contributed by atoms with Crippen LogP contribution in [0.15, 0.2) is 0 Å². The lowest BCUT2D eigenvalue weighted by Crippen LogP contribution is -2.49. The number of likely N-dealkylation sites (tertiary alicyclic amines) is 1. The second-order valence-electron chi connectivity index (χ2n) is 4.18. The Kier molecular flexibility index (Phi) is 6.43. The van der Waals surface area contributed by atoms with Crippen LogP contribution in [0, 0.1) is 0 Å². The average molecular weight is 246 g/mol. The van der Waals surface area contributed by atoms with Crippen LogP contribution in [0.5, 0.6) is 0 Å². The van der Waals surface area contributed by atoms with Crippen LogP contribution in [0.25, 0.3) is 0 Å². The van der Waals surface area contributed by atoms with Crippen molar-refractivity contribution in [1.29, 1.82) is 0 Å². The van der Waals surface area contributed by atoms with E-state index in [1.54, 1.807) is 4.90 Å². The first-order valence-corrected chi connectivity index (χ1v) is 5.94. The zero-order valence-electron chi connectivity index (χ0n) is 10.3. The van der Waals surface area contributed by atoms with E-state index in [4.69, 9.17) is 20.3 Å². The Bertz CT molecular complexity index is 230. The number of hydrogen-bond donors (Lipinski definition) is 2. The van der Waals surface area contributed by atoms with Gasteiger partial charge in [-0.1, -0.05) is 0 Å². The van der Waals surface area contributed by atoms with Crippen molar-refractivity contribution in [3.05, 3.63) is 0 Å². The maximum Gasteiger partial charge on any atom is 0.241 e. The molecule has 1 unspecified atom stereocenters. The molecule has 0 aromatic carbocycles. The van der Waals surface area contributed by atoms with Gasteiger partial charge in [0.25, 0.3) is 0 Å². The topological polar surface area (TPSA) is 85.0 Å². The van der Waals surface area contributed by atoms with Gasteiger partial charge in [-0.2, -0.15) is 0 Å². The van der Waals surface area contributed by atoms with Crippen molar-refractivity contribution in [2.75, 3.05) is 40.0 Å². The van der Waals surface area contributed by atoms with Crippen molar-refractivity contribution in [2.45, 2.75) is 25.0 Å². The number of aliphatic hydroxyl groups is 1. The molecule has 3 N–H and O–H groups in total. The summed E-state index contributed by atoms with van der Waals surface area (Å²) in [5.74, 6) is -0.0625. The summed E-state index contributed by atoms with van der Waals surface area (Å²) in [5.41, 5.74) is 5.69. The Balaban J connectivity index is 2.28. The predicted molar refractivity (Wildman–Crippen MR) is 62.5 cm³/mol. The summed E-state index contributed by atoms with van der Waals surface area (Å²) in [7, 11) is 1.53.